The second-order valence-electron chi connectivity index (χ2n) is 6.89. The Morgan fingerprint density at radius 3 is 2.63 bits per heavy atom. The van der Waals surface area contributed by atoms with Crippen molar-refractivity contribution in [3.05, 3.63) is 65.5 Å². The van der Waals surface area contributed by atoms with Gasteiger partial charge in [-0.1, -0.05) is 12.1 Å². The first-order valence-electron chi connectivity index (χ1n) is 9.79. The molecule has 2 atom stereocenters. The summed E-state index contributed by atoms with van der Waals surface area (Å²) >= 11 is 0. The number of aliphatic hydroxyl groups excluding tert-OH is 1. The van der Waals surface area contributed by atoms with Crippen LogP contribution in [0.5, 0.6) is 0 Å². The van der Waals surface area contributed by atoms with E-state index in [9.17, 15) is 19.1 Å². The number of carbonyl (C=O) groups excluding carboxylic acids is 2. The summed E-state index contributed by atoms with van der Waals surface area (Å²) in [5.41, 5.74) is 1.47. The van der Waals surface area contributed by atoms with E-state index < -0.39 is 18.0 Å². The molecule has 0 aliphatic carbocycles. The summed E-state index contributed by atoms with van der Waals surface area (Å²) in [7, 11) is 0. The molecule has 0 aromatic heterocycles. The van der Waals surface area contributed by atoms with E-state index in [2.05, 4.69) is 5.32 Å². The van der Waals surface area contributed by atoms with Gasteiger partial charge in [0, 0.05) is 24.4 Å². The number of aliphatic hydroxyl groups is 1. The van der Waals surface area contributed by atoms with Gasteiger partial charge in [0.25, 0.3) is 5.91 Å². The fourth-order valence-electron chi connectivity index (χ4n) is 3.27. The molecule has 7 nitrogen and oxygen atoms in total. The molecule has 160 valence electrons. The Kier molecular flexibility index (Phi) is 7.51. The molecule has 0 radical (unpaired) electrons. The number of amides is 2. The molecule has 2 amide bonds. The van der Waals surface area contributed by atoms with E-state index in [1.165, 1.54) is 24.3 Å². The monoisotopic (exact) mass is 416 g/mol. The smallest absolute Gasteiger partial charge is 0.255 e. The summed E-state index contributed by atoms with van der Waals surface area (Å²) in [6.07, 6.45) is -0.947. The lowest BCUT2D eigenvalue weighted by atomic mass is 10.00. The van der Waals surface area contributed by atoms with E-state index >= 15 is 0 Å². The second-order valence-corrected chi connectivity index (χ2v) is 6.89. The molecule has 1 saturated heterocycles. The maximum atomic E-state index is 13.0. The molecule has 1 aliphatic heterocycles. The molecule has 0 spiro atoms. The zero-order valence-electron chi connectivity index (χ0n) is 16.7. The van der Waals surface area contributed by atoms with Crippen molar-refractivity contribution in [1.82, 2.24) is 4.90 Å². The van der Waals surface area contributed by atoms with E-state index in [0.717, 1.165) is 0 Å². The minimum atomic E-state index is -0.947. The molecule has 30 heavy (non-hydrogen) atoms. The third-order valence-corrected chi connectivity index (χ3v) is 4.90. The van der Waals surface area contributed by atoms with Crippen LogP contribution in [-0.2, 0) is 14.3 Å². The summed E-state index contributed by atoms with van der Waals surface area (Å²) < 4.78 is 23.7. The number of hydrogen-bond donors (Lipinski definition) is 2. The lowest BCUT2D eigenvalue weighted by Crippen LogP contribution is -2.53. The van der Waals surface area contributed by atoms with Crippen LogP contribution in [-0.4, -0.2) is 60.8 Å². The number of anilines is 1. The zero-order valence-corrected chi connectivity index (χ0v) is 16.7. The van der Waals surface area contributed by atoms with Gasteiger partial charge in [-0.2, -0.15) is 0 Å². The SMILES string of the molecule is CCOCCN1C(=O)COCC1C(O)c1ccc(NC(=O)c2ccc(F)cc2)cc1. The summed E-state index contributed by atoms with van der Waals surface area (Å²) in [6.45, 7) is 3.41. The zero-order chi connectivity index (χ0) is 21.5. The number of nitrogens with zero attached hydrogens (tertiary/aromatic N) is 1. The summed E-state index contributed by atoms with van der Waals surface area (Å²) in [5, 5.41) is 13.6. The highest BCUT2D eigenvalue weighted by Gasteiger charge is 2.34. The van der Waals surface area contributed by atoms with Gasteiger partial charge >= 0.3 is 0 Å². The number of hydrogen-bond acceptors (Lipinski definition) is 5. The first-order chi connectivity index (χ1) is 14.5. The van der Waals surface area contributed by atoms with E-state index in [1.807, 2.05) is 6.92 Å². The largest absolute Gasteiger partial charge is 0.386 e. The molecule has 1 heterocycles. The van der Waals surface area contributed by atoms with Crippen molar-refractivity contribution in [2.24, 2.45) is 0 Å². The number of rotatable bonds is 8. The number of nitrogens with one attached hydrogen (secondary N) is 1. The average molecular weight is 416 g/mol. The van der Waals surface area contributed by atoms with Crippen LogP contribution in [0.3, 0.4) is 0 Å². The van der Waals surface area contributed by atoms with Crippen molar-refractivity contribution in [2.75, 3.05) is 38.3 Å². The highest BCUT2D eigenvalue weighted by molar-refractivity contribution is 6.04. The Hall–Kier alpha value is -2.81. The van der Waals surface area contributed by atoms with Crippen LogP contribution in [0.25, 0.3) is 0 Å². The quantitative estimate of drug-likeness (QED) is 0.645. The fraction of sp³-hybridized carbons (Fsp3) is 0.364. The van der Waals surface area contributed by atoms with E-state index in [4.69, 9.17) is 9.47 Å². The lowest BCUT2D eigenvalue weighted by molar-refractivity contribution is -0.155. The molecule has 2 aromatic carbocycles. The molecular weight excluding hydrogens is 391 g/mol. The van der Waals surface area contributed by atoms with Crippen LogP contribution in [0.2, 0.25) is 0 Å². The van der Waals surface area contributed by atoms with Crippen molar-refractivity contribution >= 4 is 17.5 Å². The molecule has 1 fully saturated rings. The molecule has 0 saturated carbocycles. The molecule has 1 aliphatic rings. The highest BCUT2D eigenvalue weighted by Crippen LogP contribution is 2.25. The van der Waals surface area contributed by atoms with Crippen molar-refractivity contribution in [1.29, 1.82) is 0 Å². The average Bonchev–Trinajstić information content (AvgIpc) is 2.75. The number of halogens is 1. The van der Waals surface area contributed by atoms with Gasteiger partial charge in [-0.15, -0.1) is 0 Å². The van der Waals surface area contributed by atoms with Gasteiger partial charge in [0.2, 0.25) is 5.91 Å². The molecule has 3 rings (SSSR count). The highest BCUT2D eigenvalue weighted by atomic mass is 19.1. The minimum Gasteiger partial charge on any atom is -0.386 e. The molecule has 2 N–H and O–H groups in total. The van der Waals surface area contributed by atoms with Gasteiger partial charge in [-0.05, 0) is 48.9 Å². The standard InChI is InChI=1S/C22H25FN2O5/c1-2-29-12-11-25-19(13-30-14-20(25)26)21(27)15-5-9-18(10-6-15)24-22(28)16-3-7-17(23)8-4-16/h3-10,19,21,27H,2,11-14H2,1H3,(H,24,28). The van der Waals surface area contributed by atoms with Crippen molar-refractivity contribution < 1.29 is 28.6 Å². The molecular formula is C22H25FN2O5. The fourth-order valence-corrected chi connectivity index (χ4v) is 3.27. The summed E-state index contributed by atoms with van der Waals surface area (Å²) in [6, 6.07) is 11.4. The normalized spacial score (nSPS) is 17.6. The van der Waals surface area contributed by atoms with Gasteiger partial charge in [0.15, 0.2) is 0 Å². The van der Waals surface area contributed by atoms with Gasteiger partial charge in [0.05, 0.1) is 19.3 Å². The first-order valence-corrected chi connectivity index (χ1v) is 9.79. The minimum absolute atomic E-state index is 0.0102. The van der Waals surface area contributed by atoms with Crippen LogP contribution in [0.15, 0.2) is 48.5 Å². The summed E-state index contributed by atoms with van der Waals surface area (Å²) in [4.78, 5) is 26.1. The maximum Gasteiger partial charge on any atom is 0.255 e. The van der Waals surface area contributed by atoms with Crippen LogP contribution in [0.4, 0.5) is 10.1 Å². The Morgan fingerprint density at radius 1 is 1.27 bits per heavy atom. The van der Waals surface area contributed by atoms with Crippen molar-refractivity contribution in [2.45, 2.75) is 19.1 Å². The molecule has 8 heteroatoms. The predicted octanol–water partition coefficient (Wildman–Crippen LogP) is 2.38. The Labute approximate surface area is 174 Å². The maximum absolute atomic E-state index is 13.0. The predicted molar refractivity (Wildman–Crippen MR) is 109 cm³/mol. The van der Waals surface area contributed by atoms with Gasteiger partial charge in [0.1, 0.15) is 18.5 Å². The van der Waals surface area contributed by atoms with Crippen LogP contribution >= 0.6 is 0 Å². The topological polar surface area (TPSA) is 88.1 Å². The van der Waals surface area contributed by atoms with Crippen LogP contribution < -0.4 is 5.32 Å². The third kappa shape index (κ3) is 5.41. The Bertz CT molecular complexity index is 857. The van der Waals surface area contributed by atoms with E-state index in [1.54, 1.807) is 29.2 Å². The number of morpholine rings is 1. The molecule has 2 aromatic rings. The lowest BCUT2D eigenvalue weighted by Gasteiger charge is -2.38. The number of benzene rings is 2. The van der Waals surface area contributed by atoms with Crippen LogP contribution in [0, 0.1) is 5.82 Å². The molecule has 2 unspecified atom stereocenters. The summed E-state index contributed by atoms with van der Waals surface area (Å²) in [5.74, 6) is -0.963. The van der Waals surface area contributed by atoms with E-state index in [-0.39, 0.29) is 25.0 Å². The second kappa shape index (κ2) is 10.3. The third-order valence-electron chi connectivity index (χ3n) is 4.90. The number of carbonyl (C=O) groups is 2. The van der Waals surface area contributed by atoms with Gasteiger partial charge < -0.3 is 24.8 Å². The molecule has 0 bridgehead atoms. The van der Waals surface area contributed by atoms with E-state index in [0.29, 0.717) is 36.6 Å². The number of ether oxygens (including phenoxy) is 2. The van der Waals surface area contributed by atoms with Gasteiger partial charge in [-0.25, -0.2) is 4.39 Å². The first kappa shape index (κ1) is 21.9. The van der Waals surface area contributed by atoms with Crippen molar-refractivity contribution in [3.63, 3.8) is 0 Å². The Balaban J connectivity index is 1.65. The van der Waals surface area contributed by atoms with Crippen molar-refractivity contribution in [3.8, 4) is 0 Å². The van der Waals surface area contributed by atoms with Crippen LogP contribution in [0.1, 0.15) is 28.9 Å². The Morgan fingerprint density at radius 2 is 1.97 bits per heavy atom. The van der Waals surface area contributed by atoms with Gasteiger partial charge in [-0.3, -0.25) is 9.59 Å².